The maximum Gasteiger partial charge on any atom is 0.0546 e. The lowest BCUT2D eigenvalue weighted by atomic mass is 9.94. The molecule has 0 bridgehead atoms. The van der Waals surface area contributed by atoms with E-state index in [1.807, 2.05) is 0 Å². The summed E-state index contributed by atoms with van der Waals surface area (Å²) in [5.41, 5.74) is 15.2. The van der Waals surface area contributed by atoms with Gasteiger partial charge in [0.1, 0.15) is 0 Å². The average molecular weight is 676 g/mol. The fourth-order valence-electron chi connectivity index (χ4n) is 7.42. The van der Waals surface area contributed by atoms with Crippen LogP contribution in [0.15, 0.2) is 224 Å². The molecule has 0 saturated heterocycles. The number of rotatable bonds is 8. The van der Waals surface area contributed by atoms with E-state index in [0.29, 0.717) is 0 Å². The number of hydrogen-bond donors (Lipinski definition) is 0. The van der Waals surface area contributed by atoms with Crippen LogP contribution in [0.4, 0.5) is 17.1 Å². The lowest BCUT2D eigenvalue weighted by Gasteiger charge is -2.29. The fourth-order valence-corrected chi connectivity index (χ4v) is 7.42. The summed E-state index contributed by atoms with van der Waals surface area (Å²) in [6.45, 7) is 0. The zero-order valence-corrected chi connectivity index (χ0v) is 29.3. The summed E-state index contributed by atoms with van der Waals surface area (Å²) in [4.78, 5) is 2.42. The molecule has 0 unspecified atom stereocenters. The van der Waals surface area contributed by atoms with Gasteiger partial charge in [-0.1, -0.05) is 188 Å². The van der Waals surface area contributed by atoms with Crippen LogP contribution in [0.3, 0.4) is 0 Å². The fraction of sp³-hybridized carbons (Fsp3) is 0. The van der Waals surface area contributed by atoms with E-state index in [2.05, 4.69) is 229 Å². The molecule has 0 aliphatic carbocycles. The molecule has 0 radical (unpaired) electrons. The van der Waals surface area contributed by atoms with Gasteiger partial charge in [0.15, 0.2) is 0 Å². The van der Waals surface area contributed by atoms with Crippen molar-refractivity contribution >= 4 is 27.8 Å². The third-order valence-corrected chi connectivity index (χ3v) is 10.1. The zero-order valence-electron chi connectivity index (χ0n) is 29.3. The van der Waals surface area contributed by atoms with Gasteiger partial charge in [0.05, 0.1) is 5.69 Å². The first-order valence-corrected chi connectivity index (χ1v) is 18.2. The van der Waals surface area contributed by atoms with E-state index in [1.165, 1.54) is 66.4 Å². The Hall–Kier alpha value is -6.96. The Morgan fingerprint density at radius 1 is 0.245 bits per heavy atom. The minimum Gasteiger partial charge on any atom is -0.310 e. The maximum absolute atomic E-state index is 2.42. The quantitative estimate of drug-likeness (QED) is 0.155. The van der Waals surface area contributed by atoms with Crippen molar-refractivity contribution in [3.05, 3.63) is 224 Å². The Bertz CT molecular complexity index is 2640. The lowest BCUT2D eigenvalue weighted by molar-refractivity contribution is 1.28. The molecule has 1 heteroatoms. The average Bonchev–Trinajstić information content (AvgIpc) is 3.25. The normalized spacial score (nSPS) is 11.0. The Morgan fingerprint density at radius 2 is 0.736 bits per heavy atom. The lowest BCUT2D eigenvalue weighted by Crippen LogP contribution is -2.11. The summed E-state index contributed by atoms with van der Waals surface area (Å²) in [5.74, 6) is 0. The van der Waals surface area contributed by atoms with E-state index in [-0.39, 0.29) is 0 Å². The molecule has 0 amide bonds. The van der Waals surface area contributed by atoms with Crippen molar-refractivity contribution in [3.8, 4) is 55.6 Å². The van der Waals surface area contributed by atoms with E-state index in [4.69, 9.17) is 0 Å². The summed E-state index contributed by atoms with van der Waals surface area (Å²) in [6.07, 6.45) is 0. The number of anilines is 3. The predicted octanol–water partition coefficient (Wildman–Crippen LogP) is 14.6. The first kappa shape index (κ1) is 32.0. The number of hydrogen-bond acceptors (Lipinski definition) is 1. The smallest absolute Gasteiger partial charge is 0.0546 e. The number of nitrogens with zero attached hydrogens (tertiary/aromatic N) is 1. The zero-order chi connectivity index (χ0) is 35.4. The summed E-state index contributed by atoms with van der Waals surface area (Å²) in [6, 6.07) is 80.9. The highest BCUT2D eigenvalue weighted by molar-refractivity contribution is 5.99. The molecule has 9 aromatic carbocycles. The highest BCUT2D eigenvalue weighted by Gasteiger charge is 2.20. The van der Waals surface area contributed by atoms with Crippen molar-refractivity contribution in [2.75, 3.05) is 4.90 Å². The summed E-state index contributed by atoms with van der Waals surface area (Å²) >= 11 is 0. The Kier molecular flexibility index (Phi) is 8.66. The molecule has 0 atom stereocenters. The van der Waals surface area contributed by atoms with Gasteiger partial charge in [-0.3, -0.25) is 0 Å². The standard InChI is InChI=1S/C52H37N/c1-4-15-38(16-5-1)43-23-12-24-44(35-43)40-29-32-47(33-30-40)53(48-26-13-25-45(36-48)39-17-6-2-7-18-39)52-37-46(31-34-51(52)42-19-8-3-9-20-42)50-28-14-22-41-21-10-11-27-49(41)50/h1-37H. The van der Waals surface area contributed by atoms with Crippen LogP contribution in [0.2, 0.25) is 0 Å². The van der Waals surface area contributed by atoms with Crippen LogP contribution in [-0.2, 0) is 0 Å². The molecule has 9 rings (SSSR count). The third-order valence-electron chi connectivity index (χ3n) is 10.1. The van der Waals surface area contributed by atoms with Crippen molar-refractivity contribution in [3.63, 3.8) is 0 Å². The first-order chi connectivity index (χ1) is 26.3. The van der Waals surface area contributed by atoms with Gasteiger partial charge in [0.2, 0.25) is 0 Å². The maximum atomic E-state index is 2.42. The molecule has 0 N–H and O–H groups in total. The number of fused-ring (bicyclic) bond motifs is 1. The van der Waals surface area contributed by atoms with E-state index < -0.39 is 0 Å². The predicted molar refractivity (Wildman–Crippen MR) is 226 cm³/mol. The van der Waals surface area contributed by atoms with Crippen molar-refractivity contribution in [1.29, 1.82) is 0 Å². The number of benzene rings is 9. The molecular weight excluding hydrogens is 639 g/mol. The van der Waals surface area contributed by atoms with E-state index in [9.17, 15) is 0 Å². The molecule has 9 aromatic rings. The second-order valence-electron chi connectivity index (χ2n) is 13.4. The SMILES string of the molecule is c1ccc(-c2cccc(-c3ccc(N(c4cccc(-c5ccccc5)c4)c4cc(-c5cccc6ccccc56)ccc4-c4ccccc4)cc3)c2)cc1. The van der Waals surface area contributed by atoms with Crippen molar-refractivity contribution in [2.24, 2.45) is 0 Å². The van der Waals surface area contributed by atoms with Crippen LogP contribution in [0.1, 0.15) is 0 Å². The molecule has 53 heavy (non-hydrogen) atoms. The van der Waals surface area contributed by atoms with Gasteiger partial charge in [0.25, 0.3) is 0 Å². The van der Waals surface area contributed by atoms with Crippen molar-refractivity contribution in [2.45, 2.75) is 0 Å². The molecule has 0 fully saturated rings. The molecular formula is C52H37N. The molecule has 0 spiro atoms. The van der Waals surface area contributed by atoms with Crippen molar-refractivity contribution in [1.82, 2.24) is 0 Å². The van der Waals surface area contributed by atoms with Crippen LogP contribution in [0.25, 0.3) is 66.4 Å². The topological polar surface area (TPSA) is 3.24 Å². The second kappa shape index (κ2) is 14.3. The van der Waals surface area contributed by atoms with E-state index >= 15 is 0 Å². The highest BCUT2D eigenvalue weighted by Crippen LogP contribution is 2.45. The van der Waals surface area contributed by atoms with Gasteiger partial charge in [-0.05, 0) is 97.2 Å². The molecule has 0 saturated carbocycles. The Morgan fingerprint density at radius 3 is 1.42 bits per heavy atom. The molecule has 0 heterocycles. The van der Waals surface area contributed by atoms with Crippen molar-refractivity contribution < 1.29 is 0 Å². The minimum absolute atomic E-state index is 1.09. The van der Waals surface area contributed by atoms with Crippen LogP contribution in [0.5, 0.6) is 0 Å². The summed E-state index contributed by atoms with van der Waals surface area (Å²) < 4.78 is 0. The molecule has 1 nitrogen and oxygen atoms in total. The molecule has 250 valence electrons. The second-order valence-corrected chi connectivity index (χ2v) is 13.4. The Labute approximate surface area is 311 Å². The van der Waals surface area contributed by atoms with Gasteiger partial charge >= 0.3 is 0 Å². The van der Waals surface area contributed by atoms with Crippen LogP contribution >= 0.6 is 0 Å². The molecule has 0 aliphatic heterocycles. The van der Waals surface area contributed by atoms with Crippen LogP contribution < -0.4 is 4.90 Å². The third kappa shape index (κ3) is 6.53. The van der Waals surface area contributed by atoms with Gasteiger partial charge in [-0.15, -0.1) is 0 Å². The van der Waals surface area contributed by atoms with E-state index in [1.54, 1.807) is 0 Å². The minimum atomic E-state index is 1.09. The van der Waals surface area contributed by atoms with Gasteiger partial charge < -0.3 is 4.90 Å². The molecule has 0 aromatic heterocycles. The largest absolute Gasteiger partial charge is 0.310 e. The first-order valence-electron chi connectivity index (χ1n) is 18.2. The summed E-state index contributed by atoms with van der Waals surface area (Å²) in [7, 11) is 0. The Balaban J connectivity index is 1.23. The molecule has 0 aliphatic rings. The van der Waals surface area contributed by atoms with Gasteiger partial charge in [-0.25, -0.2) is 0 Å². The van der Waals surface area contributed by atoms with Gasteiger partial charge in [0, 0.05) is 16.9 Å². The van der Waals surface area contributed by atoms with Crippen LogP contribution in [0, 0.1) is 0 Å². The summed E-state index contributed by atoms with van der Waals surface area (Å²) in [5, 5.41) is 2.48. The van der Waals surface area contributed by atoms with E-state index in [0.717, 1.165) is 17.1 Å². The van der Waals surface area contributed by atoms with Crippen LogP contribution in [-0.4, -0.2) is 0 Å². The highest BCUT2D eigenvalue weighted by atomic mass is 15.1. The van der Waals surface area contributed by atoms with Gasteiger partial charge in [-0.2, -0.15) is 0 Å². The monoisotopic (exact) mass is 675 g/mol.